The first-order chi connectivity index (χ1) is 9.70. The number of nitrogens with one attached hydrogen (secondary N) is 1. The second-order valence-corrected chi connectivity index (χ2v) is 6.15. The maximum atomic E-state index is 4.22. The standard InChI is InChI=1S/C17H29N3/c1-4-9-20-10-6-16(7-11-20)15(3)19-13-17-12-18-8-5-14(17)2/h5,8,12,15-16,19H,4,6-7,9-11,13H2,1-3H3. The summed E-state index contributed by atoms with van der Waals surface area (Å²) in [6.07, 6.45) is 7.80. The van der Waals surface area contributed by atoms with Crippen molar-refractivity contribution >= 4 is 0 Å². The van der Waals surface area contributed by atoms with Gasteiger partial charge in [0.25, 0.3) is 0 Å². The van der Waals surface area contributed by atoms with Crippen molar-refractivity contribution in [3.05, 3.63) is 29.6 Å². The van der Waals surface area contributed by atoms with Crippen LogP contribution < -0.4 is 5.32 Å². The van der Waals surface area contributed by atoms with Crippen molar-refractivity contribution in [2.45, 2.75) is 52.6 Å². The van der Waals surface area contributed by atoms with Gasteiger partial charge in [0.15, 0.2) is 0 Å². The number of piperidine rings is 1. The Morgan fingerprint density at radius 1 is 1.40 bits per heavy atom. The van der Waals surface area contributed by atoms with Crippen LogP contribution in [0.15, 0.2) is 18.5 Å². The molecule has 112 valence electrons. The molecular weight excluding hydrogens is 246 g/mol. The van der Waals surface area contributed by atoms with E-state index in [1.54, 1.807) is 0 Å². The molecule has 1 unspecified atom stereocenters. The van der Waals surface area contributed by atoms with Crippen LogP contribution in [0.4, 0.5) is 0 Å². The Kier molecular flexibility index (Phi) is 5.99. The van der Waals surface area contributed by atoms with Gasteiger partial charge in [-0.05, 0) is 75.9 Å². The molecule has 1 fully saturated rings. The van der Waals surface area contributed by atoms with Crippen molar-refractivity contribution in [2.75, 3.05) is 19.6 Å². The minimum absolute atomic E-state index is 0.596. The molecular formula is C17H29N3. The van der Waals surface area contributed by atoms with Crippen molar-refractivity contribution < 1.29 is 0 Å². The van der Waals surface area contributed by atoms with Gasteiger partial charge < -0.3 is 10.2 Å². The molecule has 1 aliphatic heterocycles. The maximum absolute atomic E-state index is 4.22. The van der Waals surface area contributed by atoms with Gasteiger partial charge in [-0.15, -0.1) is 0 Å². The average molecular weight is 275 g/mol. The van der Waals surface area contributed by atoms with Gasteiger partial charge in [0, 0.05) is 25.0 Å². The largest absolute Gasteiger partial charge is 0.310 e. The van der Waals surface area contributed by atoms with Gasteiger partial charge >= 0.3 is 0 Å². The topological polar surface area (TPSA) is 28.2 Å². The molecule has 0 amide bonds. The fraction of sp³-hybridized carbons (Fsp3) is 0.706. The lowest BCUT2D eigenvalue weighted by atomic mass is 9.90. The van der Waals surface area contributed by atoms with E-state index in [2.05, 4.69) is 42.0 Å². The minimum Gasteiger partial charge on any atom is -0.310 e. The van der Waals surface area contributed by atoms with Crippen LogP contribution in [0.2, 0.25) is 0 Å². The molecule has 1 saturated heterocycles. The van der Waals surface area contributed by atoms with Crippen LogP contribution in [-0.2, 0) is 6.54 Å². The van der Waals surface area contributed by atoms with Gasteiger partial charge in [0.1, 0.15) is 0 Å². The van der Waals surface area contributed by atoms with Gasteiger partial charge in [0.2, 0.25) is 0 Å². The van der Waals surface area contributed by atoms with Crippen LogP contribution in [-0.4, -0.2) is 35.6 Å². The Labute approximate surface area is 123 Å². The molecule has 0 bridgehead atoms. The van der Waals surface area contributed by atoms with Crippen molar-refractivity contribution in [1.29, 1.82) is 0 Å². The minimum atomic E-state index is 0.596. The number of nitrogens with zero attached hydrogens (tertiary/aromatic N) is 2. The zero-order valence-electron chi connectivity index (χ0n) is 13.2. The third kappa shape index (κ3) is 4.29. The lowest BCUT2D eigenvalue weighted by Gasteiger charge is -2.35. The predicted molar refractivity (Wildman–Crippen MR) is 84.7 cm³/mol. The first kappa shape index (κ1) is 15.5. The highest BCUT2D eigenvalue weighted by molar-refractivity contribution is 5.21. The van der Waals surface area contributed by atoms with Crippen LogP contribution >= 0.6 is 0 Å². The lowest BCUT2D eigenvalue weighted by Crippen LogP contribution is -2.42. The van der Waals surface area contributed by atoms with Crippen molar-refractivity contribution in [3.8, 4) is 0 Å². The molecule has 20 heavy (non-hydrogen) atoms. The number of hydrogen-bond donors (Lipinski definition) is 1. The fourth-order valence-corrected chi connectivity index (χ4v) is 3.11. The summed E-state index contributed by atoms with van der Waals surface area (Å²) in [6.45, 7) is 11.5. The van der Waals surface area contributed by atoms with E-state index in [-0.39, 0.29) is 0 Å². The summed E-state index contributed by atoms with van der Waals surface area (Å²) in [5.41, 5.74) is 2.65. The molecule has 3 nitrogen and oxygen atoms in total. The summed E-state index contributed by atoms with van der Waals surface area (Å²) >= 11 is 0. The summed E-state index contributed by atoms with van der Waals surface area (Å²) in [4.78, 5) is 6.83. The van der Waals surface area contributed by atoms with Gasteiger partial charge in [-0.25, -0.2) is 0 Å². The second-order valence-electron chi connectivity index (χ2n) is 6.15. The van der Waals surface area contributed by atoms with E-state index >= 15 is 0 Å². The number of aromatic nitrogens is 1. The monoisotopic (exact) mass is 275 g/mol. The van der Waals surface area contributed by atoms with Crippen LogP contribution in [0.1, 0.15) is 44.2 Å². The zero-order valence-corrected chi connectivity index (χ0v) is 13.2. The first-order valence-electron chi connectivity index (χ1n) is 8.06. The molecule has 1 aromatic rings. The summed E-state index contributed by atoms with van der Waals surface area (Å²) in [6, 6.07) is 2.68. The highest BCUT2D eigenvalue weighted by Crippen LogP contribution is 2.21. The Morgan fingerprint density at radius 3 is 2.80 bits per heavy atom. The van der Waals surface area contributed by atoms with Crippen molar-refractivity contribution in [3.63, 3.8) is 0 Å². The molecule has 0 spiro atoms. The van der Waals surface area contributed by atoms with Crippen molar-refractivity contribution in [2.24, 2.45) is 5.92 Å². The van der Waals surface area contributed by atoms with Crippen LogP contribution in [0.5, 0.6) is 0 Å². The average Bonchev–Trinajstić information content (AvgIpc) is 2.47. The number of likely N-dealkylation sites (tertiary alicyclic amines) is 1. The van der Waals surface area contributed by atoms with E-state index in [0.29, 0.717) is 6.04 Å². The molecule has 1 atom stereocenters. The fourth-order valence-electron chi connectivity index (χ4n) is 3.11. The van der Waals surface area contributed by atoms with Gasteiger partial charge in [-0.2, -0.15) is 0 Å². The smallest absolute Gasteiger partial charge is 0.0315 e. The molecule has 1 N–H and O–H groups in total. The summed E-state index contributed by atoms with van der Waals surface area (Å²) in [7, 11) is 0. The zero-order chi connectivity index (χ0) is 14.4. The molecule has 1 aliphatic rings. The SMILES string of the molecule is CCCN1CCC(C(C)NCc2cnccc2C)CC1. The number of pyridine rings is 1. The van der Waals surface area contributed by atoms with E-state index in [4.69, 9.17) is 0 Å². The third-order valence-corrected chi connectivity index (χ3v) is 4.64. The molecule has 0 aromatic carbocycles. The highest BCUT2D eigenvalue weighted by Gasteiger charge is 2.23. The molecule has 0 saturated carbocycles. The van der Waals surface area contributed by atoms with Gasteiger partial charge in [-0.1, -0.05) is 6.92 Å². The number of aryl methyl sites for hydroxylation is 1. The number of hydrogen-bond acceptors (Lipinski definition) is 3. The molecule has 2 heterocycles. The van der Waals surface area contributed by atoms with E-state index in [1.165, 1.54) is 50.0 Å². The molecule has 1 aromatic heterocycles. The van der Waals surface area contributed by atoms with Crippen LogP contribution in [0.25, 0.3) is 0 Å². The quantitative estimate of drug-likeness (QED) is 0.865. The molecule has 3 heteroatoms. The Hall–Kier alpha value is -0.930. The van der Waals surface area contributed by atoms with E-state index in [1.807, 2.05) is 12.4 Å². The first-order valence-corrected chi connectivity index (χ1v) is 8.06. The third-order valence-electron chi connectivity index (χ3n) is 4.64. The molecule has 0 aliphatic carbocycles. The Morgan fingerprint density at radius 2 is 2.15 bits per heavy atom. The number of rotatable bonds is 6. The van der Waals surface area contributed by atoms with E-state index < -0.39 is 0 Å². The van der Waals surface area contributed by atoms with Crippen LogP contribution in [0, 0.1) is 12.8 Å². The lowest BCUT2D eigenvalue weighted by molar-refractivity contribution is 0.162. The summed E-state index contributed by atoms with van der Waals surface area (Å²) in [5.74, 6) is 0.820. The van der Waals surface area contributed by atoms with Gasteiger partial charge in [-0.3, -0.25) is 4.98 Å². The van der Waals surface area contributed by atoms with E-state index in [0.717, 1.165) is 12.5 Å². The van der Waals surface area contributed by atoms with E-state index in [9.17, 15) is 0 Å². The molecule has 0 radical (unpaired) electrons. The van der Waals surface area contributed by atoms with Gasteiger partial charge in [0.05, 0.1) is 0 Å². The normalized spacial score (nSPS) is 19.1. The van der Waals surface area contributed by atoms with Crippen LogP contribution in [0.3, 0.4) is 0 Å². The van der Waals surface area contributed by atoms with Crippen molar-refractivity contribution in [1.82, 2.24) is 15.2 Å². The predicted octanol–water partition coefficient (Wildman–Crippen LogP) is 2.99. The summed E-state index contributed by atoms with van der Waals surface area (Å²) < 4.78 is 0. The maximum Gasteiger partial charge on any atom is 0.0315 e. The summed E-state index contributed by atoms with van der Waals surface area (Å²) in [5, 5.41) is 3.70. The second kappa shape index (κ2) is 7.75. The highest BCUT2D eigenvalue weighted by atomic mass is 15.1. The Balaban J connectivity index is 1.76. The Bertz CT molecular complexity index is 397. The molecule has 2 rings (SSSR count).